The van der Waals surface area contributed by atoms with E-state index < -0.39 is 24.0 Å². The van der Waals surface area contributed by atoms with Gasteiger partial charge < -0.3 is 32.4 Å². The number of nitrogens with two attached hydrogens (primary N) is 3. The normalized spacial score (nSPS) is 12.7. The molecule has 1 aromatic rings. The Kier molecular flexibility index (Phi) is 8.21. The van der Waals surface area contributed by atoms with Gasteiger partial charge in [0.05, 0.1) is 13.2 Å². The summed E-state index contributed by atoms with van der Waals surface area (Å²) in [6, 6.07) is 4.72. The van der Waals surface area contributed by atoms with Crippen molar-refractivity contribution in [1.29, 1.82) is 0 Å². The van der Waals surface area contributed by atoms with Crippen molar-refractivity contribution in [3.63, 3.8) is 0 Å². The smallest absolute Gasteiger partial charge is 0.328 e. The summed E-state index contributed by atoms with van der Waals surface area (Å²) in [5, 5.41) is 11.8. The Balaban J connectivity index is 2.58. The summed E-state index contributed by atoms with van der Waals surface area (Å²) in [5.41, 5.74) is 17.1. The Morgan fingerprint density at radius 1 is 1.28 bits per heavy atom. The fourth-order valence-corrected chi connectivity index (χ4v) is 2.15. The second-order valence-corrected chi connectivity index (χ2v) is 5.51. The van der Waals surface area contributed by atoms with E-state index in [9.17, 15) is 14.7 Å². The van der Waals surface area contributed by atoms with Crippen LogP contribution in [0.25, 0.3) is 0 Å². The number of guanidine groups is 1. The first-order valence-electron chi connectivity index (χ1n) is 7.80. The Bertz CT molecular complexity index is 599. The number of aromatic hydroxyl groups is 1. The summed E-state index contributed by atoms with van der Waals surface area (Å²) in [6.07, 6.45) is 1.08. The summed E-state index contributed by atoms with van der Waals surface area (Å²) in [5.74, 6) is -0.928. The number of rotatable bonds is 9. The average Bonchev–Trinajstić information content (AvgIpc) is 2.58. The number of methoxy groups -OCH3 is 1. The summed E-state index contributed by atoms with van der Waals surface area (Å²) in [7, 11) is 1.24. The highest BCUT2D eigenvalue weighted by Gasteiger charge is 2.24. The molecule has 0 aromatic heterocycles. The molecule has 138 valence electrons. The standard InChI is InChI=1S/C16H25N5O4/c1-25-15(24)13(3-2-8-20-16(18)19)21-14(23)12(17)9-10-4-6-11(22)7-5-10/h4-7,12-13,22H,2-3,8-9,17H2,1H3,(H,21,23)(H4,18,19,20)/t12-,13+/m0/s1. The molecule has 2 atom stereocenters. The van der Waals surface area contributed by atoms with E-state index in [4.69, 9.17) is 21.9 Å². The fourth-order valence-electron chi connectivity index (χ4n) is 2.15. The molecule has 0 spiro atoms. The van der Waals surface area contributed by atoms with E-state index in [0.717, 1.165) is 5.56 Å². The van der Waals surface area contributed by atoms with Crippen LogP contribution in [0.5, 0.6) is 5.75 Å². The molecule has 1 aromatic carbocycles. The van der Waals surface area contributed by atoms with Crippen LogP contribution in [0.1, 0.15) is 18.4 Å². The van der Waals surface area contributed by atoms with Gasteiger partial charge in [0.1, 0.15) is 11.8 Å². The van der Waals surface area contributed by atoms with Gasteiger partial charge in [-0.25, -0.2) is 4.79 Å². The van der Waals surface area contributed by atoms with Crippen molar-refractivity contribution >= 4 is 17.8 Å². The lowest BCUT2D eigenvalue weighted by molar-refractivity contribution is -0.145. The summed E-state index contributed by atoms with van der Waals surface area (Å²) < 4.78 is 4.70. The largest absolute Gasteiger partial charge is 0.508 e. The summed E-state index contributed by atoms with van der Waals surface area (Å²) in [4.78, 5) is 27.8. The second-order valence-electron chi connectivity index (χ2n) is 5.51. The van der Waals surface area contributed by atoms with Gasteiger partial charge >= 0.3 is 5.97 Å². The molecule has 0 saturated heterocycles. The third kappa shape index (κ3) is 7.53. The lowest BCUT2D eigenvalue weighted by atomic mass is 10.0. The number of ether oxygens (including phenoxy) is 1. The van der Waals surface area contributed by atoms with Crippen LogP contribution >= 0.6 is 0 Å². The molecule has 0 saturated carbocycles. The van der Waals surface area contributed by atoms with Crippen LogP contribution in [0, 0.1) is 0 Å². The van der Waals surface area contributed by atoms with Gasteiger partial charge in [-0.15, -0.1) is 0 Å². The van der Waals surface area contributed by atoms with Crippen molar-refractivity contribution in [2.75, 3.05) is 13.7 Å². The van der Waals surface area contributed by atoms with Gasteiger partial charge in [-0.2, -0.15) is 0 Å². The summed E-state index contributed by atoms with van der Waals surface area (Å²) in [6.45, 7) is 0.339. The predicted octanol–water partition coefficient (Wildman–Crippen LogP) is -1.03. The number of phenols is 1. The van der Waals surface area contributed by atoms with Crippen LogP contribution in [-0.2, 0) is 20.7 Å². The van der Waals surface area contributed by atoms with Crippen molar-refractivity contribution in [3.05, 3.63) is 29.8 Å². The Labute approximate surface area is 146 Å². The van der Waals surface area contributed by atoms with Crippen LogP contribution in [0.15, 0.2) is 29.3 Å². The number of nitrogens with one attached hydrogen (secondary N) is 1. The zero-order valence-corrected chi connectivity index (χ0v) is 14.1. The lowest BCUT2D eigenvalue weighted by Gasteiger charge is -2.19. The molecule has 0 aliphatic rings. The molecule has 0 unspecified atom stereocenters. The highest BCUT2D eigenvalue weighted by molar-refractivity contribution is 5.87. The lowest BCUT2D eigenvalue weighted by Crippen LogP contribution is -2.49. The molecule has 0 aliphatic heterocycles. The molecule has 0 fully saturated rings. The van der Waals surface area contributed by atoms with Gasteiger partial charge in [0.25, 0.3) is 0 Å². The Morgan fingerprint density at radius 3 is 2.48 bits per heavy atom. The first-order chi connectivity index (χ1) is 11.8. The number of phenolic OH excluding ortho intramolecular Hbond substituents is 1. The average molecular weight is 351 g/mol. The molecule has 9 heteroatoms. The number of hydrogen-bond acceptors (Lipinski definition) is 6. The Hall–Kier alpha value is -2.81. The van der Waals surface area contributed by atoms with Crippen molar-refractivity contribution in [1.82, 2.24) is 5.32 Å². The maximum absolute atomic E-state index is 12.2. The van der Waals surface area contributed by atoms with E-state index in [1.165, 1.54) is 19.2 Å². The number of benzene rings is 1. The van der Waals surface area contributed by atoms with Crippen molar-refractivity contribution in [2.24, 2.45) is 22.2 Å². The number of hydrogen-bond donors (Lipinski definition) is 5. The number of aliphatic imine (C=N–C) groups is 1. The number of carbonyl (C=O) groups excluding carboxylic acids is 2. The molecule has 8 N–H and O–H groups in total. The maximum Gasteiger partial charge on any atom is 0.328 e. The SMILES string of the molecule is COC(=O)[C@@H](CCCN=C(N)N)NC(=O)[C@@H](N)Cc1ccc(O)cc1. The van der Waals surface area contributed by atoms with Gasteiger partial charge in [-0.05, 0) is 37.0 Å². The van der Waals surface area contributed by atoms with E-state index in [2.05, 4.69) is 10.3 Å². The molecule has 25 heavy (non-hydrogen) atoms. The quantitative estimate of drug-likeness (QED) is 0.164. The molecule has 0 heterocycles. The zero-order valence-electron chi connectivity index (χ0n) is 14.1. The van der Waals surface area contributed by atoms with Gasteiger partial charge in [-0.3, -0.25) is 9.79 Å². The van der Waals surface area contributed by atoms with Gasteiger partial charge in [0.2, 0.25) is 5.91 Å². The first kappa shape index (κ1) is 20.2. The number of nitrogens with zero attached hydrogens (tertiary/aromatic N) is 1. The third-order valence-corrected chi connectivity index (χ3v) is 3.48. The van der Waals surface area contributed by atoms with Crippen LogP contribution in [0.2, 0.25) is 0 Å². The van der Waals surface area contributed by atoms with Crippen LogP contribution in [-0.4, -0.2) is 48.7 Å². The number of esters is 1. The first-order valence-corrected chi connectivity index (χ1v) is 7.80. The topological polar surface area (TPSA) is 166 Å². The highest BCUT2D eigenvalue weighted by Crippen LogP contribution is 2.11. The minimum Gasteiger partial charge on any atom is -0.508 e. The minimum absolute atomic E-state index is 0.0328. The third-order valence-electron chi connectivity index (χ3n) is 3.48. The molecular weight excluding hydrogens is 326 g/mol. The van der Waals surface area contributed by atoms with Gasteiger partial charge in [0, 0.05) is 6.54 Å². The molecule has 1 rings (SSSR count). The highest BCUT2D eigenvalue weighted by atomic mass is 16.5. The Morgan fingerprint density at radius 2 is 1.92 bits per heavy atom. The van der Waals surface area contributed by atoms with Crippen LogP contribution in [0.3, 0.4) is 0 Å². The zero-order chi connectivity index (χ0) is 18.8. The van der Waals surface area contributed by atoms with E-state index >= 15 is 0 Å². The van der Waals surface area contributed by atoms with Crippen molar-refractivity contribution in [3.8, 4) is 5.75 Å². The van der Waals surface area contributed by atoms with E-state index in [1.807, 2.05) is 0 Å². The second kappa shape index (κ2) is 10.1. The molecule has 0 radical (unpaired) electrons. The fraction of sp³-hybridized carbons (Fsp3) is 0.438. The van der Waals surface area contributed by atoms with Crippen LogP contribution < -0.4 is 22.5 Å². The number of carbonyl (C=O) groups is 2. The maximum atomic E-state index is 12.2. The van der Waals surface area contributed by atoms with Crippen LogP contribution in [0.4, 0.5) is 0 Å². The molecule has 1 amide bonds. The molecule has 9 nitrogen and oxygen atoms in total. The number of amides is 1. The monoisotopic (exact) mass is 351 g/mol. The predicted molar refractivity (Wildman–Crippen MR) is 93.6 cm³/mol. The summed E-state index contributed by atoms with van der Waals surface area (Å²) >= 11 is 0. The molecule has 0 bridgehead atoms. The van der Waals surface area contributed by atoms with Crippen molar-refractivity contribution < 1.29 is 19.4 Å². The molecular formula is C16H25N5O4. The molecule has 0 aliphatic carbocycles. The van der Waals surface area contributed by atoms with Crippen molar-refractivity contribution in [2.45, 2.75) is 31.3 Å². The van der Waals surface area contributed by atoms with Gasteiger partial charge in [0.15, 0.2) is 5.96 Å². The van der Waals surface area contributed by atoms with Gasteiger partial charge in [-0.1, -0.05) is 12.1 Å². The van der Waals surface area contributed by atoms with E-state index in [-0.39, 0.29) is 18.1 Å². The van der Waals surface area contributed by atoms with E-state index in [1.54, 1.807) is 12.1 Å². The minimum atomic E-state index is -0.839. The van der Waals surface area contributed by atoms with E-state index in [0.29, 0.717) is 19.4 Å².